The molecule has 1 unspecified atom stereocenters. The first kappa shape index (κ1) is 17.5. The van der Waals surface area contributed by atoms with Crippen LogP contribution in [-0.2, 0) is 0 Å². The number of benzene rings is 1. The maximum Gasteiger partial charge on any atom is 0.319 e. The normalized spacial score (nSPS) is 17.0. The van der Waals surface area contributed by atoms with Crippen LogP contribution in [0.4, 0.5) is 14.9 Å². The summed E-state index contributed by atoms with van der Waals surface area (Å²) < 4.78 is 19.6. The second-order valence-corrected chi connectivity index (χ2v) is 6.28. The highest BCUT2D eigenvalue weighted by Gasteiger charge is 2.24. The molecule has 1 saturated carbocycles. The maximum absolute atomic E-state index is 14.0. The van der Waals surface area contributed by atoms with Crippen molar-refractivity contribution in [1.82, 2.24) is 5.32 Å². The fraction of sp³-hybridized carbons (Fsp3) is 0.588. The van der Waals surface area contributed by atoms with E-state index in [1.165, 1.54) is 12.1 Å². The molecule has 2 amide bonds. The minimum Gasteiger partial charge on any atom is -0.487 e. The van der Waals surface area contributed by atoms with E-state index in [1.54, 1.807) is 6.07 Å². The summed E-state index contributed by atoms with van der Waals surface area (Å²) in [5.41, 5.74) is -0.131. The topological polar surface area (TPSA) is 70.6 Å². The number of ether oxygens (including phenoxy) is 1. The number of rotatable bonds is 7. The Balaban J connectivity index is 1.94. The minimum absolute atomic E-state index is 0.00749. The summed E-state index contributed by atoms with van der Waals surface area (Å²) in [6.45, 7) is 3.79. The lowest BCUT2D eigenvalue weighted by molar-refractivity contribution is 0.115. The number of carbonyl (C=O) groups excluding carboxylic acids is 1. The van der Waals surface area contributed by atoms with Crippen LogP contribution in [0.5, 0.6) is 5.75 Å². The van der Waals surface area contributed by atoms with Gasteiger partial charge in [0.25, 0.3) is 0 Å². The smallest absolute Gasteiger partial charge is 0.319 e. The zero-order valence-corrected chi connectivity index (χ0v) is 13.7. The average molecular weight is 324 g/mol. The predicted octanol–water partition coefficient (Wildman–Crippen LogP) is 3.43. The first-order valence-corrected chi connectivity index (χ1v) is 8.12. The Morgan fingerprint density at radius 2 is 2.22 bits per heavy atom. The van der Waals surface area contributed by atoms with Crippen molar-refractivity contribution >= 4 is 11.7 Å². The second-order valence-electron chi connectivity index (χ2n) is 6.28. The zero-order chi connectivity index (χ0) is 16.9. The average Bonchev–Trinajstić information content (AvgIpc) is 2.44. The molecular weight excluding hydrogens is 299 g/mol. The summed E-state index contributed by atoms with van der Waals surface area (Å²) in [7, 11) is 0. The van der Waals surface area contributed by atoms with Crippen LogP contribution in [0.1, 0.15) is 46.0 Å². The molecule has 3 N–H and O–H groups in total. The van der Waals surface area contributed by atoms with Crippen LogP contribution in [0.25, 0.3) is 0 Å². The number of aliphatic hydroxyl groups is 1. The van der Waals surface area contributed by atoms with Crippen LogP contribution in [0.3, 0.4) is 0 Å². The highest BCUT2D eigenvalue weighted by atomic mass is 19.1. The number of urea groups is 1. The van der Waals surface area contributed by atoms with Gasteiger partial charge in [-0.3, -0.25) is 0 Å². The largest absolute Gasteiger partial charge is 0.487 e. The summed E-state index contributed by atoms with van der Waals surface area (Å²) in [5, 5.41) is 14.5. The van der Waals surface area contributed by atoms with Gasteiger partial charge in [0.15, 0.2) is 11.6 Å². The van der Waals surface area contributed by atoms with Crippen LogP contribution in [-0.4, -0.2) is 29.4 Å². The summed E-state index contributed by atoms with van der Waals surface area (Å²) in [5.74, 6) is -0.261. The van der Waals surface area contributed by atoms with Gasteiger partial charge in [0.2, 0.25) is 0 Å². The fourth-order valence-corrected chi connectivity index (χ4v) is 2.35. The molecule has 1 fully saturated rings. The molecule has 0 spiro atoms. The third-order valence-electron chi connectivity index (χ3n) is 4.39. The van der Waals surface area contributed by atoms with E-state index in [0.717, 1.165) is 19.3 Å². The van der Waals surface area contributed by atoms with E-state index in [-0.39, 0.29) is 18.5 Å². The molecule has 1 aliphatic rings. The highest BCUT2D eigenvalue weighted by molar-refractivity contribution is 5.89. The van der Waals surface area contributed by atoms with E-state index in [0.29, 0.717) is 18.5 Å². The van der Waals surface area contributed by atoms with Crippen LogP contribution in [0, 0.1) is 5.82 Å². The first-order chi connectivity index (χ1) is 11.0. The van der Waals surface area contributed by atoms with Gasteiger partial charge in [-0.1, -0.05) is 6.92 Å². The van der Waals surface area contributed by atoms with E-state index < -0.39 is 17.4 Å². The van der Waals surface area contributed by atoms with Gasteiger partial charge in [-0.25, -0.2) is 9.18 Å². The zero-order valence-electron chi connectivity index (χ0n) is 13.7. The molecule has 1 aliphatic carbocycles. The van der Waals surface area contributed by atoms with Crippen LogP contribution < -0.4 is 15.4 Å². The summed E-state index contributed by atoms with van der Waals surface area (Å²) in [6, 6.07) is 3.99. The molecule has 1 aromatic rings. The van der Waals surface area contributed by atoms with Crippen molar-refractivity contribution in [2.45, 2.75) is 57.6 Å². The Morgan fingerprint density at radius 3 is 2.74 bits per heavy atom. The molecule has 0 bridgehead atoms. The van der Waals surface area contributed by atoms with E-state index in [9.17, 15) is 9.18 Å². The van der Waals surface area contributed by atoms with Crippen molar-refractivity contribution < 1.29 is 19.0 Å². The lowest BCUT2D eigenvalue weighted by Crippen LogP contribution is -2.48. The number of carbonyl (C=O) groups is 1. The first-order valence-electron chi connectivity index (χ1n) is 8.12. The number of hydrogen-bond donors (Lipinski definition) is 3. The Morgan fingerprint density at radius 1 is 1.48 bits per heavy atom. The molecular formula is C17H25FN2O3. The molecule has 1 atom stereocenters. The van der Waals surface area contributed by atoms with Gasteiger partial charge in [-0.05, 0) is 51.2 Å². The van der Waals surface area contributed by atoms with Gasteiger partial charge in [-0.15, -0.1) is 0 Å². The van der Waals surface area contributed by atoms with Gasteiger partial charge in [0.1, 0.15) is 0 Å². The van der Waals surface area contributed by atoms with Crippen LogP contribution in [0.15, 0.2) is 18.2 Å². The Hall–Kier alpha value is -1.82. The van der Waals surface area contributed by atoms with E-state index in [2.05, 4.69) is 10.6 Å². The summed E-state index contributed by atoms with van der Waals surface area (Å²) in [6.07, 6.45) is 4.29. The molecule has 1 aromatic carbocycles. The number of anilines is 1. The Bertz CT molecular complexity index is 549. The van der Waals surface area contributed by atoms with Crippen molar-refractivity contribution in [2.75, 3.05) is 11.9 Å². The monoisotopic (exact) mass is 324 g/mol. The molecule has 0 heterocycles. The third kappa shape index (κ3) is 4.82. The summed E-state index contributed by atoms with van der Waals surface area (Å²) >= 11 is 0. The third-order valence-corrected chi connectivity index (χ3v) is 4.39. The molecule has 6 heteroatoms. The number of halogens is 1. The fourth-order valence-electron chi connectivity index (χ4n) is 2.35. The van der Waals surface area contributed by atoms with Crippen LogP contribution in [0.2, 0.25) is 0 Å². The Kier molecular flexibility index (Phi) is 5.82. The van der Waals surface area contributed by atoms with Gasteiger partial charge in [-0.2, -0.15) is 0 Å². The molecule has 5 nitrogen and oxygen atoms in total. The standard InChI is InChI=1S/C17H25FN2O3/c1-3-17(2,9-10-21)20-16(22)19-12-7-8-15(14(18)11-12)23-13-5-4-6-13/h7-8,11,13,21H,3-6,9-10H2,1-2H3,(H2,19,20,22). The number of nitrogens with one attached hydrogen (secondary N) is 2. The molecule has 0 saturated heterocycles. The molecule has 23 heavy (non-hydrogen) atoms. The lowest BCUT2D eigenvalue weighted by atomic mass is 9.95. The number of hydrogen-bond acceptors (Lipinski definition) is 3. The lowest BCUT2D eigenvalue weighted by Gasteiger charge is -2.29. The van der Waals surface area contributed by atoms with Gasteiger partial charge in [0, 0.05) is 23.9 Å². The van der Waals surface area contributed by atoms with Gasteiger partial charge < -0.3 is 20.5 Å². The predicted molar refractivity (Wildman–Crippen MR) is 87.2 cm³/mol. The molecule has 0 aromatic heterocycles. The SMILES string of the molecule is CCC(C)(CCO)NC(=O)Nc1ccc(OC2CCC2)c(F)c1. The van der Waals surface area contributed by atoms with E-state index in [4.69, 9.17) is 9.84 Å². The minimum atomic E-state index is -0.495. The number of amides is 2. The van der Waals surface area contributed by atoms with E-state index in [1.807, 2.05) is 13.8 Å². The van der Waals surface area contributed by atoms with Crippen molar-refractivity contribution in [3.05, 3.63) is 24.0 Å². The molecule has 0 aliphatic heterocycles. The quantitative estimate of drug-likeness (QED) is 0.719. The molecule has 2 rings (SSSR count). The number of aliphatic hydroxyl groups excluding tert-OH is 1. The maximum atomic E-state index is 14.0. The Labute approximate surface area is 136 Å². The van der Waals surface area contributed by atoms with Gasteiger partial charge in [0.05, 0.1) is 6.10 Å². The van der Waals surface area contributed by atoms with Crippen molar-refractivity contribution in [2.24, 2.45) is 0 Å². The van der Waals surface area contributed by atoms with Crippen molar-refractivity contribution in [3.63, 3.8) is 0 Å². The summed E-state index contributed by atoms with van der Waals surface area (Å²) in [4.78, 5) is 12.0. The van der Waals surface area contributed by atoms with E-state index >= 15 is 0 Å². The van der Waals surface area contributed by atoms with Crippen molar-refractivity contribution in [1.29, 1.82) is 0 Å². The van der Waals surface area contributed by atoms with Crippen molar-refractivity contribution in [3.8, 4) is 5.75 Å². The van der Waals surface area contributed by atoms with Gasteiger partial charge >= 0.3 is 6.03 Å². The second kappa shape index (κ2) is 7.64. The van der Waals surface area contributed by atoms with Crippen LogP contribution >= 0.6 is 0 Å². The molecule has 128 valence electrons. The molecule has 0 radical (unpaired) electrons. The highest BCUT2D eigenvalue weighted by Crippen LogP contribution is 2.28.